The third kappa shape index (κ3) is 2.95. The molecule has 1 saturated heterocycles. The predicted octanol–water partition coefficient (Wildman–Crippen LogP) is 5.10. The SMILES string of the molecule is CCC1OCCC1C(Br)c1ccc2cc(OC)ccc2c1. The Labute approximate surface area is 134 Å². The van der Waals surface area contributed by atoms with Gasteiger partial charge in [0.05, 0.1) is 13.2 Å². The number of fused-ring (bicyclic) bond motifs is 1. The van der Waals surface area contributed by atoms with Crippen molar-refractivity contribution in [1.29, 1.82) is 0 Å². The normalized spacial score (nSPS) is 23.4. The first-order chi connectivity index (χ1) is 10.2. The highest BCUT2D eigenvalue weighted by Gasteiger charge is 2.33. The Bertz CT molecular complexity index is 626. The maximum absolute atomic E-state index is 5.83. The van der Waals surface area contributed by atoms with Crippen molar-refractivity contribution in [2.75, 3.05) is 13.7 Å². The maximum atomic E-state index is 5.83. The minimum absolute atomic E-state index is 0.358. The summed E-state index contributed by atoms with van der Waals surface area (Å²) in [5.41, 5.74) is 1.33. The van der Waals surface area contributed by atoms with Crippen LogP contribution in [0.25, 0.3) is 10.8 Å². The number of hydrogen-bond acceptors (Lipinski definition) is 2. The number of benzene rings is 2. The zero-order valence-corrected chi connectivity index (χ0v) is 14.1. The number of rotatable bonds is 4. The fourth-order valence-corrected chi connectivity index (χ4v) is 4.10. The smallest absolute Gasteiger partial charge is 0.119 e. The Balaban J connectivity index is 1.90. The standard InChI is InChI=1S/C18H21BrO2/c1-3-17-16(8-9-21-17)18(19)14-5-4-13-11-15(20-2)7-6-12(13)10-14/h4-7,10-11,16-18H,3,8-9H2,1-2H3. The summed E-state index contributed by atoms with van der Waals surface area (Å²) in [4.78, 5) is 0.358. The van der Waals surface area contributed by atoms with E-state index in [2.05, 4.69) is 53.2 Å². The van der Waals surface area contributed by atoms with E-state index in [9.17, 15) is 0 Å². The first-order valence-corrected chi connectivity index (χ1v) is 8.48. The van der Waals surface area contributed by atoms with Crippen molar-refractivity contribution in [3.05, 3.63) is 42.0 Å². The van der Waals surface area contributed by atoms with Gasteiger partial charge in [0, 0.05) is 17.4 Å². The average molecular weight is 349 g/mol. The molecular formula is C18H21BrO2. The molecule has 1 heterocycles. The van der Waals surface area contributed by atoms with Crippen LogP contribution in [0.4, 0.5) is 0 Å². The Morgan fingerprint density at radius 3 is 2.76 bits per heavy atom. The molecule has 3 heteroatoms. The van der Waals surface area contributed by atoms with Crippen LogP contribution in [0.1, 0.15) is 30.2 Å². The minimum atomic E-state index is 0.358. The third-order valence-electron chi connectivity index (χ3n) is 4.43. The van der Waals surface area contributed by atoms with E-state index in [1.54, 1.807) is 7.11 Å². The van der Waals surface area contributed by atoms with E-state index in [1.165, 1.54) is 16.3 Å². The zero-order chi connectivity index (χ0) is 14.8. The molecule has 0 spiro atoms. The molecule has 2 aromatic rings. The van der Waals surface area contributed by atoms with Gasteiger partial charge in [-0.2, -0.15) is 0 Å². The summed E-state index contributed by atoms with van der Waals surface area (Å²) in [5, 5.41) is 2.47. The quantitative estimate of drug-likeness (QED) is 0.715. The fraction of sp³-hybridized carbons (Fsp3) is 0.444. The summed E-state index contributed by atoms with van der Waals surface area (Å²) in [6, 6.07) is 12.9. The lowest BCUT2D eigenvalue weighted by molar-refractivity contribution is 0.0873. The Morgan fingerprint density at radius 1 is 1.24 bits per heavy atom. The molecule has 112 valence electrons. The monoisotopic (exact) mass is 348 g/mol. The van der Waals surface area contributed by atoms with Gasteiger partial charge in [-0.05, 0) is 41.3 Å². The summed E-state index contributed by atoms with van der Waals surface area (Å²) < 4.78 is 11.1. The van der Waals surface area contributed by atoms with Crippen LogP contribution in [0.2, 0.25) is 0 Å². The predicted molar refractivity (Wildman–Crippen MR) is 90.3 cm³/mol. The molecule has 2 aromatic carbocycles. The van der Waals surface area contributed by atoms with Gasteiger partial charge in [0.2, 0.25) is 0 Å². The van der Waals surface area contributed by atoms with Gasteiger partial charge < -0.3 is 9.47 Å². The number of ether oxygens (including phenoxy) is 2. The van der Waals surface area contributed by atoms with Gasteiger partial charge in [-0.25, -0.2) is 0 Å². The Kier molecular flexibility index (Phi) is 4.51. The lowest BCUT2D eigenvalue weighted by atomic mass is 9.91. The molecule has 0 aliphatic carbocycles. The molecule has 0 amide bonds. The van der Waals surface area contributed by atoms with Gasteiger partial charge in [0.15, 0.2) is 0 Å². The van der Waals surface area contributed by atoms with Crippen molar-refractivity contribution < 1.29 is 9.47 Å². The molecule has 3 atom stereocenters. The second-order valence-electron chi connectivity index (χ2n) is 5.64. The lowest BCUT2D eigenvalue weighted by Gasteiger charge is -2.23. The summed E-state index contributed by atoms with van der Waals surface area (Å²) in [7, 11) is 1.70. The second kappa shape index (κ2) is 6.37. The summed E-state index contributed by atoms with van der Waals surface area (Å²) in [5.74, 6) is 1.46. The molecule has 1 aliphatic heterocycles. The molecule has 3 rings (SSSR count). The summed E-state index contributed by atoms with van der Waals surface area (Å²) in [6.45, 7) is 3.09. The second-order valence-corrected chi connectivity index (χ2v) is 6.63. The molecule has 0 saturated carbocycles. The van der Waals surface area contributed by atoms with Crippen LogP contribution in [0.3, 0.4) is 0 Å². The van der Waals surface area contributed by atoms with Crippen LogP contribution in [-0.4, -0.2) is 19.8 Å². The lowest BCUT2D eigenvalue weighted by Crippen LogP contribution is -2.18. The van der Waals surface area contributed by atoms with E-state index in [0.717, 1.165) is 25.2 Å². The van der Waals surface area contributed by atoms with Gasteiger partial charge in [0.25, 0.3) is 0 Å². The van der Waals surface area contributed by atoms with Crippen LogP contribution < -0.4 is 4.74 Å². The average Bonchev–Trinajstić information content (AvgIpc) is 3.01. The molecule has 2 nitrogen and oxygen atoms in total. The molecular weight excluding hydrogens is 328 g/mol. The minimum Gasteiger partial charge on any atom is -0.497 e. The van der Waals surface area contributed by atoms with E-state index in [-0.39, 0.29) is 0 Å². The van der Waals surface area contributed by atoms with E-state index < -0.39 is 0 Å². The highest BCUT2D eigenvalue weighted by Crippen LogP contribution is 2.41. The van der Waals surface area contributed by atoms with Crippen molar-refractivity contribution in [1.82, 2.24) is 0 Å². The molecule has 21 heavy (non-hydrogen) atoms. The third-order valence-corrected chi connectivity index (χ3v) is 5.64. The van der Waals surface area contributed by atoms with Crippen LogP contribution in [0, 0.1) is 5.92 Å². The molecule has 0 radical (unpaired) electrons. The van der Waals surface area contributed by atoms with Gasteiger partial charge in [-0.3, -0.25) is 0 Å². The molecule has 3 unspecified atom stereocenters. The van der Waals surface area contributed by atoms with Gasteiger partial charge in [-0.15, -0.1) is 0 Å². The summed E-state index contributed by atoms with van der Waals surface area (Å²) in [6.07, 6.45) is 2.59. The van der Waals surface area contributed by atoms with Gasteiger partial charge >= 0.3 is 0 Å². The van der Waals surface area contributed by atoms with Crippen molar-refractivity contribution in [3.8, 4) is 5.75 Å². The number of hydrogen-bond donors (Lipinski definition) is 0. The molecule has 0 aromatic heterocycles. The van der Waals surface area contributed by atoms with Crippen molar-refractivity contribution in [3.63, 3.8) is 0 Å². The van der Waals surface area contributed by atoms with E-state index in [0.29, 0.717) is 16.8 Å². The number of halogens is 1. The Morgan fingerprint density at radius 2 is 2.00 bits per heavy atom. The van der Waals surface area contributed by atoms with Crippen molar-refractivity contribution in [2.24, 2.45) is 5.92 Å². The fourth-order valence-electron chi connectivity index (χ4n) is 3.21. The first-order valence-electron chi connectivity index (χ1n) is 7.56. The topological polar surface area (TPSA) is 18.5 Å². The largest absolute Gasteiger partial charge is 0.497 e. The highest BCUT2D eigenvalue weighted by molar-refractivity contribution is 9.09. The maximum Gasteiger partial charge on any atom is 0.119 e. The summed E-state index contributed by atoms with van der Waals surface area (Å²) >= 11 is 3.90. The molecule has 0 N–H and O–H groups in total. The van der Waals surface area contributed by atoms with Crippen molar-refractivity contribution >= 4 is 26.7 Å². The van der Waals surface area contributed by atoms with E-state index >= 15 is 0 Å². The van der Waals surface area contributed by atoms with Crippen molar-refractivity contribution in [2.45, 2.75) is 30.7 Å². The van der Waals surface area contributed by atoms with Crippen LogP contribution in [-0.2, 0) is 4.74 Å². The molecule has 0 bridgehead atoms. The van der Waals surface area contributed by atoms with Gasteiger partial charge in [0.1, 0.15) is 5.75 Å². The van der Waals surface area contributed by atoms with E-state index in [1.807, 2.05) is 6.07 Å². The van der Waals surface area contributed by atoms with Crippen LogP contribution in [0.15, 0.2) is 36.4 Å². The van der Waals surface area contributed by atoms with E-state index in [4.69, 9.17) is 9.47 Å². The molecule has 1 fully saturated rings. The van der Waals surface area contributed by atoms with Crippen LogP contribution in [0.5, 0.6) is 5.75 Å². The number of alkyl halides is 1. The van der Waals surface area contributed by atoms with Gasteiger partial charge in [-0.1, -0.05) is 47.1 Å². The number of methoxy groups -OCH3 is 1. The molecule has 1 aliphatic rings. The van der Waals surface area contributed by atoms with Crippen LogP contribution >= 0.6 is 15.9 Å². The zero-order valence-electron chi connectivity index (χ0n) is 12.5. The highest BCUT2D eigenvalue weighted by atomic mass is 79.9. The Hall–Kier alpha value is -1.06. The first kappa shape index (κ1) is 14.9.